The van der Waals surface area contributed by atoms with Gasteiger partial charge in [-0.25, -0.2) is 0 Å². The largest absolute Gasteiger partial charge is 0.378 e. The summed E-state index contributed by atoms with van der Waals surface area (Å²) in [7, 11) is 4.11. The number of nitro groups is 1. The predicted molar refractivity (Wildman–Crippen MR) is 266 cm³/mol. The van der Waals surface area contributed by atoms with Crippen molar-refractivity contribution in [2.75, 3.05) is 19.0 Å². The topological polar surface area (TPSA) is 46.4 Å². The number of nitro benzene ring substituents is 1. The molecule has 0 aromatic heterocycles. The van der Waals surface area contributed by atoms with Gasteiger partial charge >= 0.3 is 0 Å². The third-order valence-electron chi connectivity index (χ3n) is 12.5. The highest BCUT2D eigenvalue weighted by Gasteiger charge is 2.28. The van der Waals surface area contributed by atoms with Gasteiger partial charge in [-0.3, -0.25) is 10.1 Å². The monoisotopic (exact) mass is 814 g/mol. The summed E-state index contributed by atoms with van der Waals surface area (Å²) in [5.74, 6) is 14.8. The van der Waals surface area contributed by atoms with Crippen molar-refractivity contribution in [1.82, 2.24) is 0 Å². The first-order chi connectivity index (χ1) is 28.9. The Morgan fingerprint density at radius 1 is 0.435 bits per heavy atom. The molecular weight excluding hydrogens is 757 g/mol. The maximum atomic E-state index is 11.6. The molecule has 0 N–H and O–H groups in total. The van der Waals surface area contributed by atoms with E-state index in [2.05, 4.69) is 199 Å². The van der Waals surface area contributed by atoms with Crippen molar-refractivity contribution < 1.29 is 4.92 Å². The molecule has 0 heterocycles. The molecule has 0 spiro atoms. The SMILES string of the molecule is CN(C)c1ccc(C#Cc2c3cc(C(C)(C)C)cc4cc(C(C)(C)C)cc(c5c(C#Cc6ccc([N+](=O)[O-])cc6)c6cc(C(C)(C)C)cc7cc(C(C)(C)C)cc(c25)c76)c43)cc1. The second kappa shape index (κ2) is 14.6. The summed E-state index contributed by atoms with van der Waals surface area (Å²) < 4.78 is 0. The number of fused-ring (bicyclic) bond motifs is 3. The van der Waals surface area contributed by atoms with Crippen LogP contribution in [0.25, 0.3) is 53.9 Å². The first-order valence-electron chi connectivity index (χ1n) is 21.7. The van der Waals surface area contributed by atoms with Gasteiger partial charge in [-0.05, 0) is 148 Å². The van der Waals surface area contributed by atoms with E-state index >= 15 is 0 Å². The van der Waals surface area contributed by atoms with Gasteiger partial charge in [-0.2, -0.15) is 0 Å². The molecule has 8 rings (SSSR count). The summed E-state index contributed by atoms with van der Waals surface area (Å²) in [6.07, 6.45) is 0. The second-order valence-electron chi connectivity index (χ2n) is 21.5. The van der Waals surface area contributed by atoms with Crippen LogP contribution >= 0.6 is 0 Å². The van der Waals surface area contributed by atoms with Gasteiger partial charge in [0.2, 0.25) is 0 Å². The van der Waals surface area contributed by atoms with E-state index in [1.54, 1.807) is 12.1 Å². The third-order valence-corrected chi connectivity index (χ3v) is 12.5. The van der Waals surface area contributed by atoms with Crippen LogP contribution in [-0.2, 0) is 21.7 Å². The molecule has 0 fully saturated rings. The minimum absolute atomic E-state index is 0.0445. The molecule has 62 heavy (non-hydrogen) atoms. The number of benzene rings is 8. The standard InChI is InChI=1S/C58H58N2O2/c1-55(2,3)39-27-37-29-42(58(10,11)12)34-50-51(37)47(31-39)45(25-19-35-15-21-43(22-16-35)59(13)14)53-49-33-41(57(7,8)9)30-38-28-40(56(4,5)6)32-48(52(38)49)46(54(50)53)26-20-36-17-23-44(24-18-36)60(61)62/h15-18,21-24,27-34H,1-14H3. The summed E-state index contributed by atoms with van der Waals surface area (Å²) in [6.45, 7) is 27.5. The highest BCUT2D eigenvalue weighted by molar-refractivity contribution is 6.35. The molecule has 8 aromatic carbocycles. The van der Waals surface area contributed by atoms with E-state index in [1.807, 2.05) is 0 Å². The lowest BCUT2D eigenvalue weighted by molar-refractivity contribution is -0.384. The summed E-state index contributed by atoms with van der Waals surface area (Å²) in [6, 6.07) is 34.2. The Bertz CT molecular complexity index is 3230. The maximum Gasteiger partial charge on any atom is 0.269 e. The van der Waals surface area contributed by atoms with Crippen LogP contribution in [0.3, 0.4) is 0 Å². The lowest BCUT2D eigenvalue weighted by Gasteiger charge is -2.28. The van der Waals surface area contributed by atoms with Crippen LogP contribution in [0.15, 0.2) is 97.1 Å². The van der Waals surface area contributed by atoms with E-state index in [4.69, 9.17) is 0 Å². The summed E-state index contributed by atoms with van der Waals surface area (Å²) >= 11 is 0. The molecule has 0 amide bonds. The molecule has 4 nitrogen and oxygen atoms in total. The fraction of sp³-hybridized carbons (Fsp3) is 0.310. The van der Waals surface area contributed by atoms with Gasteiger partial charge in [-0.15, -0.1) is 0 Å². The van der Waals surface area contributed by atoms with Crippen molar-refractivity contribution in [3.05, 3.63) is 152 Å². The highest BCUT2D eigenvalue weighted by Crippen LogP contribution is 2.49. The fourth-order valence-electron chi connectivity index (χ4n) is 8.65. The minimum Gasteiger partial charge on any atom is -0.378 e. The molecule has 0 unspecified atom stereocenters. The second-order valence-corrected chi connectivity index (χ2v) is 21.5. The van der Waals surface area contributed by atoms with Crippen molar-refractivity contribution in [3.63, 3.8) is 0 Å². The van der Waals surface area contributed by atoms with Gasteiger partial charge in [0.05, 0.1) is 4.92 Å². The number of anilines is 1. The number of hydrogen-bond acceptors (Lipinski definition) is 3. The molecule has 0 aliphatic heterocycles. The molecule has 0 aliphatic carbocycles. The molecule has 0 atom stereocenters. The van der Waals surface area contributed by atoms with Crippen LogP contribution < -0.4 is 4.90 Å². The summed E-state index contributed by atoms with van der Waals surface area (Å²) in [4.78, 5) is 13.4. The van der Waals surface area contributed by atoms with Crippen molar-refractivity contribution in [3.8, 4) is 23.7 Å². The van der Waals surface area contributed by atoms with Crippen molar-refractivity contribution in [2.24, 2.45) is 0 Å². The van der Waals surface area contributed by atoms with Crippen molar-refractivity contribution in [2.45, 2.75) is 105 Å². The van der Waals surface area contributed by atoms with Gasteiger partial charge in [0.15, 0.2) is 0 Å². The van der Waals surface area contributed by atoms with E-state index < -0.39 is 0 Å². The molecule has 312 valence electrons. The smallest absolute Gasteiger partial charge is 0.269 e. The normalized spacial score (nSPS) is 12.5. The summed E-state index contributed by atoms with van der Waals surface area (Å²) in [5.41, 5.74) is 9.26. The Labute approximate surface area is 367 Å². The highest BCUT2D eigenvalue weighted by atomic mass is 16.6. The lowest BCUT2D eigenvalue weighted by atomic mass is 9.75. The fourth-order valence-corrected chi connectivity index (χ4v) is 8.65. The maximum absolute atomic E-state index is 11.6. The number of hydrogen-bond donors (Lipinski definition) is 0. The Hall–Kier alpha value is -6.36. The average Bonchev–Trinajstić information content (AvgIpc) is 3.18. The van der Waals surface area contributed by atoms with E-state index in [-0.39, 0.29) is 32.3 Å². The van der Waals surface area contributed by atoms with E-state index in [9.17, 15) is 10.1 Å². The van der Waals surface area contributed by atoms with Crippen LogP contribution in [0.2, 0.25) is 0 Å². The van der Waals surface area contributed by atoms with Gasteiger partial charge in [0.25, 0.3) is 5.69 Å². The van der Waals surface area contributed by atoms with Gasteiger partial charge < -0.3 is 4.90 Å². The Kier molecular flexibility index (Phi) is 9.99. The van der Waals surface area contributed by atoms with Crippen LogP contribution in [0, 0.1) is 33.8 Å². The number of non-ortho nitro benzene ring substituents is 1. The summed E-state index contributed by atoms with van der Waals surface area (Å²) in [5, 5.41) is 23.1. The predicted octanol–water partition coefficient (Wildman–Crippen LogP) is 14.9. The number of nitrogens with zero attached hydrogens (tertiary/aromatic N) is 2. The van der Waals surface area contributed by atoms with E-state index in [0.29, 0.717) is 5.56 Å². The van der Waals surface area contributed by atoms with Gasteiger partial charge in [0, 0.05) is 64.9 Å². The zero-order valence-corrected chi connectivity index (χ0v) is 38.9. The van der Waals surface area contributed by atoms with E-state index in [0.717, 1.165) is 49.3 Å². The number of rotatable bonds is 2. The van der Waals surface area contributed by atoms with Crippen LogP contribution in [0.1, 0.15) is 128 Å². The Morgan fingerprint density at radius 2 is 0.758 bits per heavy atom. The molecular formula is C58H58N2O2. The minimum atomic E-state index is -0.366. The molecule has 0 radical (unpaired) electrons. The third kappa shape index (κ3) is 7.62. The van der Waals surface area contributed by atoms with E-state index in [1.165, 1.54) is 61.3 Å². The zero-order valence-electron chi connectivity index (χ0n) is 38.9. The lowest BCUT2D eigenvalue weighted by Crippen LogP contribution is -2.14. The average molecular weight is 815 g/mol. The Morgan fingerprint density at radius 3 is 1.06 bits per heavy atom. The van der Waals surface area contributed by atoms with Crippen LogP contribution in [0.4, 0.5) is 11.4 Å². The van der Waals surface area contributed by atoms with Crippen molar-refractivity contribution >= 4 is 65.2 Å². The molecule has 8 aromatic rings. The van der Waals surface area contributed by atoms with Gasteiger partial charge in [-0.1, -0.05) is 131 Å². The molecule has 0 bridgehead atoms. The molecule has 4 heteroatoms. The molecule has 0 saturated carbocycles. The molecule has 0 saturated heterocycles. The Balaban J connectivity index is 1.70. The van der Waals surface area contributed by atoms with Gasteiger partial charge in [0.1, 0.15) is 0 Å². The first kappa shape index (κ1) is 42.3. The van der Waals surface area contributed by atoms with Crippen molar-refractivity contribution in [1.29, 1.82) is 0 Å². The van der Waals surface area contributed by atoms with Crippen LogP contribution in [0.5, 0.6) is 0 Å². The first-order valence-corrected chi connectivity index (χ1v) is 21.7. The molecule has 0 aliphatic rings. The zero-order chi connectivity index (χ0) is 44.8. The quantitative estimate of drug-likeness (QED) is 0.0574. The van der Waals surface area contributed by atoms with Crippen LogP contribution in [-0.4, -0.2) is 19.0 Å².